The molecule has 0 fully saturated rings. The molecule has 176 valence electrons. The predicted octanol–water partition coefficient (Wildman–Crippen LogP) is 4.50. The molecule has 0 spiro atoms. The zero-order valence-corrected chi connectivity index (χ0v) is 20.8. The van der Waals surface area contributed by atoms with Crippen molar-refractivity contribution >= 4 is 44.9 Å². The lowest BCUT2D eigenvalue weighted by atomic mass is 9.97. The van der Waals surface area contributed by atoms with Crippen molar-refractivity contribution in [2.75, 3.05) is 25.6 Å². The summed E-state index contributed by atoms with van der Waals surface area (Å²) in [4.78, 5) is 33.2. The third-order valence-corrected chi connectivity index (χ3v) is 7.92. The lowest BCUT2D eigenvalue weighted by molar-refractivity contribution is -0.115. The van der Waals surface area contributed by atoms with Crippen LogP contribution >= 0.6 is 23.1 Å². The number of fused-ring (bicyclic) bond motifs is 3. The first-order chi connectivity index (χ1) is 16.0. The molecule has 3 aromatic rings. The second kappa shape index (κ2) is 10.7. The maximum Gasteiger partial charge on any atom is 0.263 e. The molecule has 0 saturated carbocycles. The first-order valence-corrected chi connectivity index (χ1v) is 13.0. The maximum absolute atomic E-state index is 13.5. The van der Waals surface area contributed by atoms with E-state index < -0.39 is 5.25 Å². The van der Waals surface area contributed by atoms with Crippen LogP contribution in [0.25, 0.3) is 10.2 Å². The van der Waals surface area contributed by atoms with Crippen LogP contribution in [0.5, 0.6) is 5.75 Å². The van der Waals surface area contributed by atoms with E-state index in [1.165, 1.54) is 22.2 Å². The van der Waals surface area contributed by atoms with Gasteiger partial charge in [-0.25, -0.2) is 4.98 Å². The standard InChI is InChI=1S/C24H29N3O4S2/c1-4-31-17-11-9-16(10-12-17)25-21(28)15(2)32-24-26-22-20(23(29)27(24)13-14-30-3)18-7-5-6-8-19(18)33-22/h9-12,15H,4-8,13-14H2,1-3H3,(H,25,28)/t15-/m1/s1. The van der Waals surface area contributed by atoms with Gasteiger partial charge < -0.3 is 14.8 Å². The smallest absolute Gasteiger partial charge is 0.263 e. The van der Waals surface area contributed by atoms with Crippen LogP contribution in [-0.4, -0.2) is 41.0 Å². The molecule has 1 atom stereocenters. The summed E-state index contributed by atoms with van der Waals surface area (Å²) in [5, 5.41) is 3.80. The van der Waals surface area contributed by atoms with Crippen molar-refractivity contribution in [3.63, 3.8) is 0 Å². The number of anilines is 1. The highest BCUT2D eigenvalue weighted by atomic mass is 32.2. The van der Waals surface area contributed by atoms with Gasteiger partial charge in [-0.05, 0) is 69.4 Å². The molecule has 1 aliphatic carbocycles. The fourth-order valence-corrected chi connectivity index (χ4v) is 6.18. The number of aromatic nitrogens is 2. The molecule has 0 saturated heterocycles. The Morgan fingerprint density at radius 2 is 2.03 bits per heavy atom. The third kappa shape index (κ3) is 5.26. The second-order valence-corrected chi connectivity index (χ2v) is 10.3. The molecule has 2 heterocycles. The van der Waals surface area contributed by atoms with Gasteiger partial charge in [0.1, 0.15) is 10.6 Å². The highest BCUT2D eigenvalue weighted by Gasteiger charge is 2.24. The predicted molar refractivity (Wildman–Crippen MR) is 134 cm³/mol. The fourth-order valence-electron chi connectivity index (χ4n) is 3.95. The van der Waals surface area contributed by atoms with Crippen LogP contribution in [0.3, 0.4) is 0 Å². The number of thioether (sulfide) groups is 1. The summed E-state index contributed by atoms with van der Waals surface area (Å²) < 4.78 is 12.3. The van der Waals surface area contributed by atoms with Crippen molar-refractivity contribution in [3.05, 3.63) is 45.1 Å². The number of amides is 1. The molecule has 0 aliphatic heterocycles. The Morgan fingerprint density at radius 1 is 1.27 bits per heavy atom. The number of methoxy groups -OCH3 is 1. The quantitative estimate of drug-likeness (QED) is 0.353. The average molecular weight is 488 g/mol. The number of carbonyl (C=O) groups excluding carboxylic acids is 1. The Bertz CT molecular complexity index is 1190. The summed E-state index contributed by atoms with van der Waals surface area (Å²) >= 11 is 2.92. The maximum atomic E-state index is 13.5. The molecule has 0 unspecified atom stereocenters. The van der Waals surface area contributed by atoms with Crippen molar-refractivity contribution in [2.24, 2.45) is 0 Å². The molecule has 7 nitrogen and oxygen atoms in total. The number of aryl methyl sites for hydroxylation is 2. The zero-order chi connectivity index (χ0) is 23.4. The number of benzene rings is 1. The summed E-state index contributed by atoms with van der Waals surface area (Å²) in [5.74, 6) is 0.610. The van der Waals surface area contributed by atoms with Gasteiger partial charge in [0.15, 0.2) is 5.16 Å². The summed E-state index contributed by atoms with van der Waals surface area (Å²) in [6.07, 6.45) is 4.21. The topological polar surface area (TPSA) is 82.5 Å². The van der Waals surface area contributed by atoms with E-state index in [9.17, 15) is 9.59 Å². The van der Waals surface area contributed by atoms with E-state index in [4.69, 9.17) is 14.5 Å². The number of rotatable bonds is 9. The van der Waals surface area contributed by atoms with Crippen molar-refractivity contribution in [1.29, 1.82) is 0 Å². The highest BCUT2D eigenvalue weighted by Crippen LogP contribution is 2.35. The van der Waals surface area contributed by atoms with E-state index in [1.807, 2.05) is 38.1 Å². The highest BCUT2D eigenvalue weighted by molar-refractivity contribution is 8.00. The Kier molecular flexibility index (Phi) is 7.72. The van der Waals surface area contributed by atoms with Crippen LogP contribution in [0.4, 0.5) is 5.69 Å². The van der Waals surface area contributed by atoms with E-state index >= 15 is 0 Å². The Balaban J connectivity index is 1.58. The summed E-state index contributed by atoms with van der Waals surface area (Å²) in [6.45, 7) is 5.15. The van der Waals surface area contributed by atoms with Gasteiger partial charge in [0.05, 0.1) is 30.4 Å². The van der Waals surface area contributed by atoms with E-state index in [0.717, 1.165) is 41.6 Å². The normalized spacial score (nSPS) is 14.2. The van der Waals surface area contributed by atoms with Crippen molar-refractivity contribution in [3.8, 4) is 5.75 Å². The van der Waals surface area contributed by atoms with Gasteiger partial charge in [0.25, 0.3) is 5.56 Å². The number of hydrogen-bond acceptors (Lipinski definition) is 7. The van der Waals surface area contributed by atoms with Crippen LogP contribution in [0, 0.1) is 0 Å². The number of hydrogen-bond donors (Lipinski definition) is 1. The van der Waals surface area contributed by atoms with Gasteiger partial charge in [-0.3, -0.25) is 14.2 Å². The fraction of sp³-hybridized carbons (Fsp3) is 0.458. The molecule has 33 heavy (non-hydrogen) atoms. The van der Waals surface area contributed by atoms with Crippen LogP contribution in [0.2, 0.25) is 0 Å². The Hall–Kier alpha value is -2.36. The van der Waals surface area contributed by atoms with Crippen molar-refractivity contribution < 1.29 is 14.3 Å². The average Bonchev–Trinajstić information content (AvgIpc) is 3.18. The van der Waals surface area contributed by atoms with Gasteiger partial charge in [0, 0.05) is 17.7 Å². The Labute approximate surface area is 201 Å². The van der Waals surface area contributed by atoms with E-state index in [2.05, 4.69) is 5.32 Å². The molecular weight excluding hydrogens is 458 g/mol. The second-order valence-electron chi connectivity index (χ2n) is 7.94. The molecule has 0 bridgehead atoms. The van der Waals surface area contributed by atoms with Crippen LogP contribution in [0.15, 0.2) is 34.2 Å². The molecule has 1 amide bonds. The van der Waals surface area contributed by atoms with Gasteiger partial charge in [-0.2, -0.15) is 0 Å². The largest absolute Gasteiger partial charge is 0.494 e. The van der Waals surface area contributed by atoms with Gasteiger partial charge in [0.2, 0.25) is 5.91 Å². The minimum absolute atomic E-state index is 0.0296. The van der Waals surface area contributed by atoms with E-state index in [1.54, 1.807) is 23.0 Å². The molecule has 1 aliphatic rings. The zero-order valence-electron chi connectivity index (χ0n) is 19.2. The lowest BCUT2D eigenvalue weighted by Crippen LogP contribution is -2.28. The first-order valence-electron chi connectivity index (χ1n) is 11.3. The molecule has 1 aromatic carbocycles. The van der Waals surface area contributed by atoms with E-state index in [0.29, 0.717) is 30.6 Å². The molecular formula is C24H29N3O4S2. The molecule has 4 rings (SSSR count). The van der Waals surface area contributed by atoms with Crippen LogP contribution < -0.4 is 15.6 Å². The summed E-state index contributed by atoms with van der Waals surface area (Å²) in [5.41, 5.74) is 1.84. The SMILES string of the molecule is CCOc1ccc(NC(=O)[C@@H](C)Sc2nc3sc4c(c3c(=O)n2CCOC)CCCC4)cc1. The summed E-state index contributed by atoms with van der Waals surface area (Å²) in [7, 11) is 1.61. The molecule has 1 N–H and O–H groups in total. The lowest BCUT2D eigenvalue weighted by Gasteiger charge is -2.16. The molecule has 9 heteroatoms. The number of nitrogens with zero attached hydrogens (tertiary/aromatic N) is 2. The number of carbonyl (C=O) groups is 1. The number of thiophene rings is 1. The van der Waals surface area contributed by atoms with Gasteiger partial charge in [-0.1, -0.05) is 11.8 Å². The van der Waals surface area contributed by atoms with Gasteiger partial charge in [-0.15, -0.1) is 11.3 Å². The van der Waals surface area contributed by atoms with Crippen LogP contribution in [0.1, 0.15) is 37.1 Å². The Morgan fingerprint density at radius 3 is 2.76 bits per heavy atom. The third-order valence-electron chi connectivity index (χ3n) is 5.64. The van der Waals surface area contributed by atoms with E-state index in [-0.39, 0.29) is 11.5 Å². The minimum atomic E-state index is -0.440. The number of nitrogens with one attached hydrogen (secondary N) is 1. The monoisotopic (exact) mass is 487 g/mol. The van der Waals surface area contributed by atoms with Crippen LogP contribution in [-0.2, 0) is 28.9 Å². The van der Waals surface area contributed by atoms with Crippen molar-refractivity contribution in [1.82, 2.24) is 9.55 Å². The van der Waals surface area contributed by atoms with Crippen molar-refractivity contribution in [2.45, 2.75) is 56.5 Å². The first kappa shape index (κ1) is 23.8. The minimum Gasteiger partial charge on any atom is -0.494 e. The van der Waals surface area contributed by atoms with Gasteiger partial charge >= 0.3 is 0 Å². The number of ether oxygens (including phenoxy) is 2. The molecule has 0 radical (unpaired) electrons. The summed E-state index contributed by atoms with van der Waals surface area (Å²) in [6, 6.07) is 7.28. The molecule has 2 aromatic heterocycles.